The molecular weight excluding hydrogens is 287 g/mol. The van der Waals surface area contributed by atoms with Gasteiger partial charge >= 0.3 is 0 Å². The molecule has 0 spiro atoms. The summed E-state index contributed by atoms with van der Waals surface area (Å²) in [5.41, 5.74) is 1.29. The average Bonchev–Trinajstić information content (AvgIpc) is 2.92. The van der Waals surface area contributed by atoms with E-state index in [1.165, 1.54) is 17.4 Å². The maximum atomic E-state index is 14.0. The Kier molecular flexibility index (Phi) is 3.70. The highest BCUT2D eigenvalue weighted by Gasteiger charge is 2.12. The third kappa shape index (κ3) is 2.67. The highest BCUT2D eigenvalue weighted by molar-refractivity contribution is 7.16. The third-order valence-corrected chi connectivity index (χ3v) is 3.93. The zero-order valence-corrected chi connectivity index (χ0v) is 12.6. The second-order valence-corrected chi connectivity index (χ2v) is 5.52. The summed E-state index contributed by atoms with van der Waals surface area (Å²) >= 11 is 1.54. The van der Waals surface area contributed by atoms with Gasteiger partial charge in [0, 0.05) is 6.54 Å². The molecule has 2 aromatic heterocycles. The van der Waals surface area contributed by atoms with Crippen LogP contribution in [-0.2, 0) is 0 Å². The monoisotopic (exact) mass is 302 g/mol. The fourth-order valence-electron chi connectivity index (χ4n) is 2.10. The number of fused-ring (bicyclic) bond motifs is 1. The largest absolute Gasteiger partial charge is 0.354 e. The van der Waals surface area contributed by atoms with Gasteiger partial charge in [-0.3, -0.25) is 0 Å². The first-order valence-electron chi connectivity index (χ1n) is 6.70. The molecule has 108 valence electrons. The number of nitrogens with zero attached hydrogens (tertiary/aromatic N) is 2. The van der Waals surface area contributed by atoms with Crippen LogP contribution < -0.4 is 10.6 Å². The van der Waals surface area contributed by atoms with Crippen molar-refractivity contribution in [3.63, 3.8) is 0 Å². The molecule has 0 unspecified atom stereocenters. The fraction of sp³-hybridized carbons (Fsp3) is 0.200. The molecule has 0 aliphatic heterocycles. The molecular formula is C15H15FN4S. The number of hydrogen-bond donors (Lipinski definition) is 2. The van der Waals surface area contributed by atoms with Crippen LogP contribution in [0.25, 0.3) is 10.2 Å². The normalized spacial score (nSPS) is 10.8. The van der Waals surface area contributed by atoms with Gasteiger partial charge in [0.15, 0.2) is 0 Å². The van der Waals surface area contributed by atoms with E-state index < -0.39 is 0 Å². The molecule has 0 aliphatic carbocycles. The average molecular weight is 302 g/mol. The first-order chi connectivity index (χ1) is 10.2. The molecule has 4 nitrogen and oxygen atoms in total. The number of benzene rings is 1. The SMILES string of the molecule is CCNc1nc(Nc2c(C)cccc2F)c2ccsc2n1. The first-order valence-corrected chi connectivity index (χ1v) is 7.58. The number of aryl methyl sites for hydroxylation is 1. The predicted octanol–water partition coefficient (Wildman–Crippen LogP) is 4.31. The molecule has 0 saturated carbocycles. The zero-order chi connectivity index (χ0) is 14.8. The van der Waals surface area contributed by atoms with E-state index in [1.54, 1.807) is 6.07 Å². The van der Waals surface area contributed by atoms with E-state index in [0.29, 0.717) is 17.5 Å². The van der Waals surface area contributed by atoms with E-state index in [9.17, 15) is 4.39 Å². The second kappa shape index (κ2) is 5.65. The Morgan fingerprint density at radius 2 is 2.10 bits per heavy atom. The van der Waals surface area contributed by atoms with Crippen LogP contribution in [0.1, 0.15) is 12.5 Å². The van der Waals surface area contributed by atoms with Gasteiger partial charge in [0.2, 0.25) is 5.95 Å². The zero-order valence-electron chi connectivity index (χ0n) is 11.8. The van der Waals surface area contributed by atoms with E-state index in [0.717, 1.165) is 22.3 Å². The van der Waals surface area contributed by atoms with Gasteiger partial charge in [0.1, 0.15) is 16.5 Å². The van der Waals surface area contributed by atoms with Gasteiger partial charge in [-0.25, -0.2) is 9.37 Å². The Hall–Kier alpha value is -2.21. The molecule has 6 heteroatoms. The summed E-state index contributed by atoms with van der Waals surface area (Å²) in [6, 6.07) is 6.93. The standard InChI is InChI=1S/C15H15FN4S/c1-3-17-15-19-13(10-7-8-21-14(10)20-15)18-12-9(2)5-4-6-11(12)16/h4-8H,3H2,1-2H3,(H2,17,18,19,20). The van der Waals surface area contributed by atoms with Gasteiger partial charge in [0.25, 0.3) is 0 Å². The lowest BCUT2D eigenvalue weighted by Gasteiger charge is -2.12. The van der Waals surface area contributed by atoms with Crippen molar-refractivity contribution in [2.75, 3.05) is 17.2 Å². The Balaban J connectivity index is 2.09. The number of rotatable bonds is 4. The predicted molar refractivity (Wildman–Crippen MR) is 86.0 cm³/mol. The van der Waals surface area contributed by atoms with Crippen LogP contribution in [0, 0.1) is 12.7 Å². The Labute approximate surface area is 126 Å². The summed E-state index contributed by atoms with van der Waals surface area (Å²) < 4.78 is 14.0. The summed E-state index contributed by atoms with van der Waals surface area (Å²) in [4.78, 5) is 9.75. The quantitative estimate of drug-likeness (QED) is 0.754. The van der Waals surface area contributed by atoms with Crippen molar-refractivity contribution in [2.24, 2.45) is 0 Å². The molecule has 0 aliphatic rings. The molecule has 0 bridgehead atoms. The smallest absolute Gasteiger partial charge is 0.226 e. The molecule has 3 rings (SSSR count). The highest BCUT2D eigenvalue weighted by Crippen LogP contribution is 2.30. The topological polar surface area (TPSA) is 49.8 Å². The number of para-hydroxylation sites is 1. The van der Waals surface area contributed by atoms with Gasteiger partial charge in [0.05, 0.1) is 11.1 Å². The minimum Gasteiger partial charge on any atom is -0.354 e. The molecule has 3 aromatic rings. The van der Waals surface area contributed by atoms with Crippen molar-refractivity contribution in [1.82, 2.24) is 9.97 Å². The van der Waals surface area contributed by atoms with Crippen molar-refractivity contribution in [3.8, 4) is 0 Å². The van der Waals surface area contributed by atoms with Crippen molar-refractivity contribution in [1.29, 1.82) is 0 Å². The summed E-state index contributed by atoms with van der Waals surface area (Å²) in [5, 5.41) is 9.05. The van der Waals surface area contributed by atoms with E-state index in [1.807, 2.05) is 31.4 Å². The van der Waals surface area contributed by atoms with E-state index in [-0.39, 0.29) is 5.82 Å². The van der Waals surface area contributed by atoms with Crippen molar-refractivity contribution in [2.45, 2.75) is 13.8 Å². The highest BCUT2D eigenvalue weighted by atomic mass is 32.1. The molecule has 2 N–H and O–H groups in total. The molecule has 0 amide bonds. The molecule has 21 heavy (non-hydrogen) atoms. The molecule has 0 fully saturated rings. The summed E-state index contributed by atoms with van der Waals surface area (Å²) in [6.07, 6.45) is 0. The van der Waals surface area contributed by atoms with Crippen molar-refractivity contribution in [3.05, 3.63) is 41.0 Å². The maximum Gasteiger partial charge on any atom is 0.226 e. The number of anilines is 3. The molecule has 1 aromatic carbocycles. The lowest BCUT2D eigenvalue weighted by atomic mass is 10.2. The number of hydrogen-bond acceptors (Lipinski definition) is 5. The molecule has 0 radical (unpaired) electrons. The number of nitrogens with one attached hydrogen (secondary N) is 2. The maximum absolute atomic E-state index is 14.0. The van der Waals surface area contributed by atoms with Crippen molar-refractivity contribution < 1.29 is 4.39 Å². The Bertz CT molecular complexity index is 764. The molecule has 0 atom stereocenters. The van der Waals surface area contributed by atoms with E-state index >= 15 is 0 Å². The van der Waals surface area contributed by atoms with Gasteiger partial charge in [-0.05, 0) is 36.9 Å². The molecule has 2 heterocycles. The van der Waals surface area contributed by atoms with Gasteiger partial charge < -0.3 is 10.6 Å². The van der Waals surface area contributed by atoms with Crippen LogP contribution >= 0.6 is 11.3 Å². The minimum absolute atomic E-state index is 0.290. The van der Waals surface area contributed by atoms with E-state index in [4.69, 9.17) is 0 Å². The number of aromatic nitrogens is 2. The molecule has 0 saturated heterocycles. The summed E-state index contributed by atoms with van der Waals surface area (Å²) in [7, 11) is 0. The van der Waals surface area contributed by atoms with Crippen LogP contribution in [0.2, 0.25) is 0 Å². The number of halogens is 1. The van der Waals surface area contributed by atoms with Crippen molar-refractivity contribution >= 4 is 39.0 Å². The van der Waals surface area contributed by atoms with Crippen LogP contribution in [0.5, 0.6) is 0 Å². The first kappa shape index (κ1) is 13.8. The van der Waals surface area contributed by atoms with Crippen LogP contribution in [-0.4, -0.2) is 16.5 Å². The van der Waals surface area contributed by atoms with Gasteiger partial charge in [-0.1, -0.05) is 12.1 Å². The van der Waals surface area contributed by atoms with Gasteiger partial charge in [-0.15, -0.1) is 11.3 Å². The van der Waals surface area contributed by atoms with E-state index in [2.05, 4.69) is 20.6 Å². The summed E-state index contributed by atoms with van der Waals surface area (Å²) in [6.45, 7) is 4.58. The third-order valence-electron chi connectivity index (χ3n) is 3.13. The number of thiophene rings is 1. The fourth-order valence-corrected chi connectivity index (χ4v) is 2.86. The summed E-state index contributed by atoms with van der Waals surface area (Å²) in [5.74, 6) is 0.872. The lowest BCUT2D eigenvalue weighted by Crippen LogP contribution is -2.05. The Morgan fingerprint density at radius 3 is 2.86 bits per heavy atom. The van der Waals surface area contributed by atoms with Crippen LogP contribution in [0.4, 0.5) is 21.8 Å². The van der Waals surface area contributed by atoms with Crippen LogP contribution in [0.3, 0.4) is 0 Å². The minimum atomic E-state index is -0.290. The van der Waals surface area contributed by atoms with Crippen LogP contribution in [0.15, 0.2) is 29.6 Å². The lowest BCUT2D eigenvalue weighted by molar-refractivity contribution is 0.631. The second-order valence-electron chi connectivity index (χ2n) is 4.62. The Morgan fingerprint density at radius 1 is 1.24 bits per heavy atom. The van der Waals surface area contributed by atoms with Gasteiger partial charge in [-0.2, -0.15) is 4.98 Å².